The van der Waals surface area contributed by atoms with Gasteiger partial charge in [0.1, 0.15) is 0 Å². The first kappa shape index (κ1) is 21.1. The monoisotopic (exact) mass is 407 g/mol. The summed E-state index contributed by atoms with van der Waals surface area (Å²) >= 11 is 11.9. The number of carbonyl (C=O) groups is 1. The summed E-state index contributed by atoms with van der Waals surface area (Å²) < 4.78 is 11.2. The second kappa shape index (κ2) is 10.2. The van der Waals surface area contributed by atoms with Gasteiger partial charge in [0.15, 0.2) is 11.5 Å². The maximum atomic E-state index is 12.1. The van der Waals surface area contributed by atoms with E-state index in [0.29, 0.717) is 39.8 Å². The maximum Gasteiger partial charge on any atom is 0.248 e. The molecule has 0 fully saturated rings. The topological polar surface area (TPSA) is 47.6 Å². The molecule has 0 saturated carbocycles. The molecular weight excluding hydrogens is 385 g/mol. The fourth-order valence-corrected chi connectivity index (χ4v) is 2.82. The molecule has 0 saturated heterocycles. The maximum absolute atomic E-state index is 12.1. The number of ether oxygens (including phenoxy) is 2. The fraction of sp³-hybridized carbons (Fsp3) is 0.286. The van der Waals surface area contributed by atoms with Crippen LogP contribution >= 0.6 is 23.2 Å². The van der Waals surface area contributed by atoms with Gasteiger partial charge >= 0.3 is 0 Å². The number of hydrogen-bond acceptors (Lipinski definition) is 3. The summed E-state index contributed by atoms with van der Waals surface area (Å²) in [5.74, 6) is 1.60. The van der Waals surface area contributed by atoms with E-state index in [1.54, 1.807) is 31.4 Å². The minimum Gasteiger partial charge on any atom is -0.493 e. The van der Waals surface area contributed by atoms with E-state index in [9.17, 15) is 4.79 Å². The molecule has 0 heterocycles. The Balaban J connectivity index is 2.01. The molecule has 0 unspecified atom stereocenters. The number of amides is 1. The van der Waals surface area contributed by atoms with Crippen molar-refractivity contribution in [3.63, 3.8) is 0 Å². The summed E-state index contributed by atoms with van der Waals surface area (Å²) in [4.78, 5) is 12.1. The molecular formula is C21H23Cl2NO3. The number of rotatable bonds is 8. The number of halogens is 2. The Morgan fingerprint density at radius 2 is 1.81 bits per heavy atom. The van der Waals surface area contributed by atoms with Gasteiger partial charge < -0.3 is 14.8 Å². The minimum atomic E-state index is -0.287. The van der Waals surface area contributed by atoms with Gasteiger partial charge in [-0.2, -0.15) is 0 Å². The van der Waals surface area contributed by atoms with Crippen molar-refractivity contribution in [2.75, 3.05) is 19.0 Å². The van der Waals surface area contributed by atoms with Crippen LogP contribution in [-0.2, 0) is 4.79 Å². The molecule has 2 rings (SSSR count). The number of methoxy groups -OCH3 is 1. The Bertz CT molecular complexity index is 799. The number of carbonyl (C=O) groups excluding carboxylic acids is 1. The molecule has 6 heteroatoms. The second-order valence-corrected chi connectivity index (χ2v) is 7.29. The zero-order valence-corrected chi connectivity index (χ0v) is 17.1. The molecule has 4 nitrogen and oxygen atoms in total. The first-order valence-corrected chi connectivity index (χ1v) is 9.39. The highest BCUT2D eigenvalue weighted by Gasteiger charge is 2.06. The highest BCUT2D eigenvalue weighted by molar-refractivity contribution is 6.35. The van der Waals surface area contributed by atoms with E-state index >= 15 is 0 Å². The molecule has 0 aromatic heterocycles. The lowest BCUT2D eigenvalue weighted by Gasteiger charge is -2.12. The van der Waals surface area contributed by atoms with Gasteiger partial charge in [0.25, 0.3) is 0 Å². The van der Waals surface area contributed by atoms with E-state index in [1.165, 1.54) is 6.08 Å². The molecule has 0 spiro atoms. The van der Waals surface area contributed by atoms with E-state index in [-0.39, 0.29) is 5.91 Å². The van der Waals surface area contributed by atoms with Crippen LogP contribution in [0.2, 0.25) is 10.0 Å². The lowest BCUT2D eigenvalue weighted by molar-refractivity contribution is -0.111. The van der Waals surface area contributed by atoms with Crippen molar-refractivity contribution in [2.24, 2.45) is 5.92 Å². The van der Waals surface area contributed by atoms with Gasteiger partial charge in [-0.05, 0) is 54.3 Å². The van der Waals surface area contributed by atoms with Crippen molar-refractivity contribution < 1.29 is 14.3 Å². The molecule has 144 valence electrons. The Kier molecular flexibility index (Phi) is 8.01. The van der Waals surface area contributed by atoms with Gasteiger partial charge in [-0.15, -0.1) is 0 Å². The number of anilines is 1. The Morgan fingerprint density at radius 3 is 2.44 bits per heavy atom. The molecule has 0 aliphatic heterocycles. The van der Waals surface area contributed by atoms with Gasteiger partial charge in [-0.25, -0.2) is 0 Å². The third kappa shape index (κ3) is 7.16. The molecule has 2 aromatic carbocycles. The SMILES string of the molecule is COc1cc(C=CC(=O)Nc2cc(Cl)cc(Cl)c2)ccc1OCCC(C)C. The van der Waals surface area contributed by atoms with E-state index < -0.39 is 0 Å². The first-order valence-electron chi connectivity index (χ1n) is 8.63. The summed E-state index contributed by atoms with van der Waals surface area (Å²) in [6, 6.07) is 10.4. The van der Waals surface area contributed by atoms with Crippen LogP contribution in [0.4, 0.5) is 5.69 Å². The van der Waals surface area contributed by atoms with Crippen LogP contribution < -0.4 is 14.8 Å². The van der Waals surface area contributed by atoms with Gasteiger partial charge in [-0.1, -0.05) is 43.1 Å². The highest BCUT2D eigenvalue weighted by Crippen LogP contribution is 2.29. The van der Waals surface area contributed by atoms with Crippen LogP contribution in [0, 0.1) is 5.92 Å². The predicted octanol–water partition coefficient (Wildman–Crippen LogP) is 6.08. The summed E-state index contributed by atoms with van der Waals surface area (Å²) in [6.07, 6.45) is 4.10. The summed E-state index contributed by atoms with van der Waals surface area (Å²) in [5, 5.41) is 3.64. The van der Waals surface area contributed by atoms with E-state index in [0.717, 1.165) is 12.0 Å². The van der Waals surface area contributed by atoms with E-state index in [2.05, 4.69) is 19.2 Å². The van der Waals surface area contributed by atoms with Crippen LogP contribution in [0.1, 0.15) is 25.8 Å². The van der Waals surface area contributed by atoms with Crippen molar-refractivity contribution in [1.82, 2.24) is 0 Å². The summed E-state index contributed by atoms with van der Waals surface area (Å²) in [6.45, 7) is 4.93. The Morgan fingerprint density at radius 1 is 1.11 bits per heavy atom. The highest BCUT2D eigenvalue weighted by atomic mass is 35.5. The standard InChI is InChI=1S/C21H23Cl2NO3/c1-14(2)8-9-27-19-6-4-15(10-20(19)26-3)5-7-21(25)24-18-12-16(22)11-17(23)13-18/h4-7,10-14H,8-9H2,1-3H3,(H,24,25). The average molecular weight is 408 g/mol. The van der Waals surface area contributed by atoms with Crippen molar-refractivity contribution in [2.45, 2.75) is 20.3 Å². The number of hydrogen-bond donors (Lipinski definition) is 1. The van der Waals surface area contributed by atoms with Gasteiger partial charge in [0, 0.05) is 21.8 Å². The molecule has 1 N–H and O–H groups in total. The van der Waals surface area contributed by atoms with Crippen molar-refractivity contribution >= 4 is 40.9 Å². The van der Waals surface area contributed by atoms with Crippen LogP contribution in [0.3, 0.4) is 0 Å². The van der Waals surface area contributed by atoms with Crippen molar-refractivity contribution in [1.29, 1.82) is 0 Å². The molecule has 0 atom stereocenters. The van der Waals surface area contributed by atoms with E-state index in [4.69, 9.17) is 32.7 Å². The van der Waals surface area contributed by atoms with Gasteiger partial charge in [0.2, 0.25) is 5.91 Å². The Labute approximate surface area is 170 Å². The third-order valence-corrected chi connectivity index (χ3v) is 4.13. The zero-order chi connectivity index (χ0) is 19.8. The lowest BCUT2D eigenvalue weighted by atomic mass is 10.1. The van der Waals surface area contributed by atoms with Crippen LogP contribution in [-0.4, -0.2) is 19.6 Å². The molecule has 0 bridgehead atoms. The smallest absolute Gasteiger partial charge is 0.248 e. The molecule has 27 heavy (non-hydrogen) atoms. The first-order chi connectivity index (χ1) is 12.9. The normalized spacial score (nSPS) is 11.0. The largest absolute Gasteiger partial charge is 0.493 e. The third-order valence-electron chi connectivity index (χ3n) is 3.70. The van der Waals surface area contributed by atoms with Gasteiger partial charge in [-0.3, -0.25) is 4.79 Å². The lowest BCUT2D eigenvalue weighted by Crippen LogP contribution is -2.07. The average Bonchev–Trinajstić information content (AvgIpc) is 2.59. The van der Waals surface area contributed by atoms with Crippen molar-refractivity contribution in [3.05, 3.63) is 58.1 Å². The number of benzene rings is 2. The minimum absolute atomic E-state index is 0.287. The summed E-state index contributed by atoms with van der Waals surface area (Å²) in [7, 11) is 1.59. The zero-order valence-electron chi connectivity index (χ0n) is 15.6. The molecule has 0 radical (unpaired) electrons. The second-order valence-electron chi connectivity index (χ2n) is 6.42. The Hall–Kier alpha value is -2.17. The number of nitrogens with one attached hydrogen (secondary N) is 1. The molecule has 1 amide bonds. The van der Waals surface area contributed by atoms with Crippen LogP contribution in [0.15, 0.2) is 42.5 Å². The van der Waals surface area contributed by atoms with Crippen LogP contribution in [0.5, 0.6) is 11.5 Å². The molecule has 0 aliphatic carbocycles. The predicted molar refractivity (Wildman–Crippen MR) is 112 cm³/mol. The molecule has 2 aromatic rings. The fourth-order valence-electron chi connectivity index (χ4n) is 2.29. The van der Waals surface area contributed by atoms with Crippen LogP contribution in [0.25, 0.3) is 6.08 Å². The van der Waals surface area contributed by atoms with Gasteiger partial charge in [0.05, 0.1) is 13.7 Å². The van der Waals surface area contributed by atoms with Crippen molar-refractivity contribution in [3.8, 4) is 11.5 Å². The summed E-state index contributed by atoms with van der Waals surface area (Å²) in [5.41, 5.74) is 1.36. The molecule has 0 aliphatic rings. The quantitative estimate of drug-likeness (QED) is 0.539. The van der Waals surface area contributed by atoms with E-state index in [1.807, 2.05) is 18.2 Å².